The molecule has 0 aliphatic rings. The second-order valence-corrected chi connectivity index (χ2v) is 9.85. The van der Waals surface area contributed by atoms with E-state index in [2.05, 4.69) is 11.4 Å². The number of ether oxygens (including phenoxy) is 1. The van der Waals surface area contributed by atoms with Crippen molar-refractivity contribution in [3.63, 3.8) is 0 Å². The van der Waals surface area contributed by atoms with Crippen molar-refractivity contribution >= 4 is 29.8 Å². The van der Waals surface area contributed by atoms with E-state index in [9.17, 15) is 14.5 Å². The zero-order chi connectivity index (χ0) is 24.8. The lowest BCUT2D eigenvalue weighted by Crippen LogP contribution is -2.48. The van der Waals surface area contributed by atoms with Gasteiger partial charge < -0.3 is 29.8 Å². The molecule has 0 aliphatic heterocycles. The monoisotopic (exact) mass is 493 g/mol. The number of nitrogens with two attached hydrogens (primary N) is 1. The Labute approximate surface area is 197 Å². The van der Waals surface area contributed by atoms with Gasteiger partial charge in [-0.3, -0.25) is 9.32 Å². The first-order chi connectivity index (χ1) is 16.1. The first-order valence-electron chi connectivity index (χ1n) is 11.4. The fourth-order valence-corrected chi connectivity index (χ4v) is 4.07. The van der Waals surface area contributed by atoms with Gasteiger partial charge in [0.25, 0.3) is 0 Å². The molecule has 5 N–H and O–H groups in total. The van der Waals surface area contributed by atoms with E-state index in [0.717, 1.165) is 24.8 Å². The van der Waals surface area contributed by atoms with Gasteiger partial charge in [-0.2, -0.15) is 0 Å². The maximum atomic E-state index is 13.2. The molecule has 1 atom stereocenters. The molecular formula is C24H32NO8P. The van der Waals surface area contributed by atoms with E-state index in [1.54, 1.807) is 36.4 Å². The Hall–Kier alpha value is -2.26. The molecule has 34 heavy (non-hydrogen) atoms. The van der Waals surface area contributed by atoms with Gasteiger partial charge in [-0.05, 0) is 55.2 Å². The number of hydrogen-bond acceptors (Lipinski definition) is 7. The van der Waals surface area contributed by atoms with Gasteiger partial charge in [0, 0.05) is 0 Å². The average molecular weight is 493 g/mol. The predicted molar refractivity (Wildman–Crippen MR) is 130 cm³/mol. The number of fused-ring (bicyclic) bond motifs is 2. The molecule has 0 amide bonds. The van der Waals surface area contributed by atoms with Crippen molar-refractivity contribution in [2.75, 3.05) is 19.8 Å². The zero-order valence-corrected chi connectivity index (χ0v) is 20.1. The first kappa shape index (κ1) is 26.3. The number of aliphatic hydroxyl groups excluding tert-OH is 1. The molecule has 0 radical (unpaired) electrons. The molecule has 1 aromatic heterocycles. The van der Waals surface area contributed by atoms with Crippen LogP contribution >= 0.6 is 7.82 Å². The fraction of sp³-hybridized carbons (Fsp3) is 0.458. The Morgan fingerprint density at radius 1 is 1.06 bits per heavy atom. The molecule has 3 aromatic rings. The summed E-state index contributed by atoms with van der Waals surface area (Å²) in [6.07, 6.45) is 4.92. The molecule has 0 fully saturated rings. The van der Waals surface area contributed by atoms with Crippen LogP contribution in [0, 0.1) is 0 Å². The lowest BCUT2D eigenvalue weighted by molar-refractivity contribution is 0.102. The van der Waals surface area contributed by atoms with Gasteiger partial charge in [0.15, 0.2) is 0 Å². The van der Waals surface area contributed by atoms with Crippen LogP contribution in [0.1, 0.15) is 44.6 Å². The van der Waals surface area contributed by atoms with Gasteiger partial charge in [-0.15, -0.1) is 0 Å². The van der Waals surface area contributed by atoms with Crippen molar-refractivity contribution < 1.29 is 33.1 Å². The molecule has 0 aliphatic carbocycles. The third-order valence-electron chi connectivity index (χ3n) is 5.72. The number of phosphoric ester groups is 1. The maximum absolute atomic E-state index is 13.2. The maximum Gasteiger partial charge on any atom is 0.469 e. The van der Waals surface area contributed by atoms with Crippen LogP contribution in [0.25, 0.3) is 21.9 Å². The summed E-state index contributed by atoms with van der Waals surface area (Å²) in [5.74, 6) is 0.618. The van der Waals surface area contributed by atoms with Gasteiger partial charge in [0.05, 0.1) is 36.1 Å². The number of rotatable bonds is 13. The van der Waals surface area contributed by atoms with E-state index in [1.807, 2.05) is 0 Å². The van der Waals surface area contributed by atoms with Gasteiger partial charge in [0.2, 0.25) is 5.43 Å². The SMILES string of the molecule is CCCCCCOc1ccc2oc3ccc(CCC(N)(CO)COP(=O)(O)O)cc3c(=O)c2c1. The summed E-state index contributed by atoms with van der Waals surface area (Å²) in [5, 5.41) is 10.4. The second kappa shape index (κ2) is 11.4. The minimum atomic E-state index is -4.71. The topological polar surface area (TPSA) is 152 Å². The minimum Gasteiger partial charge on any atom is -0.494 e. The third kappa shape index (κ3) is 7.12. The summed E-state index contributed by atoms with van der Waals surface area (Å²) in [6, 6.07) is 10.4. The number of phosphoric acid groups is 1. The van der Waals surface area contributed by atoms with Crippen molar-refractivity contribution in [3.05, 3.63) is 52.2 Å². The van der Waals surface area contributed by atoms with Crippen molar-refractivity contribution in [1.29, 1.82) is 0 Å². The summed E-state index contributed by atoms with van der Waals surface area (Å²) in [6.45, 7) is 1.72. The highest BCUT2D eigenvalue weighted by Crippen LogP contribution is 2.37. The quantitative estimate of drug-likeness (QED) is 0.159. The molecule has 186 valence electrons. The number of aliphatic hydroxyl groups is 1. The van der Waals surface area contributed by atoms with Crippen LogP contribution in [0.15, 0.2) is 45.6 Å². The standard InChI is InChI=1S/C24H32NO8P/c1-2-3-4-5-12-31-18-7-9-22-20(14-18)23(27)19-13-17(6-8-21(19)33-22)10-11-24(25,15-26)16-32-34(28,29)30/h6-9,13-14,26H,2-5,10-12,15-16,25H2,1H3,(H2,28,29,30). The fourth-order valence-electron chi connectivity index (χ4n) is 3.65. The highest BCUT2D eigenvalue weighted by atomic mass is 31.2. The Bertz CT molecular complexity index is 1220. The van der Waals surface area contributed by atoms with E-state index in [0.29, 0.717) is 40.7 Å². The third-order valence-corrected chi connectivity index (χ3v) is 6.18. The van der Waals surface area contributed by atoms with E-state index < -0.39 is 26.6 Å². The smallest absolute Gasteiger partial charge is 0.469 e. The average Bonchev–Trinajstić information content (AvgIpc) is 2.81. The van der Waals surface area contributed by atoms with Gasteiger partial charge in [0.1, 0.15) is 16.9 Å². The largest absolute Gasteiger partial charge is 0.494 e. The Balaban J connectivity index is 1.78. The lowest BCUT2D eigenvalue weighted by Gasteiger charge is -2.27. The van der Waals surface area contributed by atoms with Crippen molar-refractivity contribution in [2.45, 2.75) is 51.0 Å². The Morgan fingerprint density at radius 3 is 2.44 bits per heavy atom. The van der Waals surface area contributed by atoms with Crippen LogP contribution in [0.5, 0.6) is 5.75 Å². The normalized spacial score (nSPS) is 13.9. The van der Waals surface area contributed by atoms with Crippen LogP contribution in [0.4, 0.5) is 0 Å². The highest BCUT2D eigenvalue weighted by molar-refractivity contribution is 7.46. The summed E-state index contributed by atoms with van der Waals surface area (Å²) in [4.78, 5) is 31.0. The molecule has 0 saturated heterocycles. The highest BCUT2D eigenvalue weighted by Gasteiger charge is 2.28. The molecular weight excluding hydrogens is 461 g/mol. The summed E-state index contributed by atoms with van der Waals surface area (Å²) < 4.78 is 27.2. The molecule has 9 nitrogen and oxygen atoms in total. The molecule has 3 rings (SSSR count). The molecule has 1 heterocycles. The Morgan fingerprint density at radius 2 is 1.76 bits per heavy atom. The van der Waals surface area contributed by atoms with E-state index in [4.69, 9.17) is 24.7 Å². The minimum absolute atomic E-state index is 0.180. The van der Waals surface area contributed by atoms with Gasteiger partial charge in [-0.1, -0.05) is 32.3 Å². The molecule has 2 aromatic carbocycles. The molecule has 10 heteroatoms. The van der Waals surface area contributed by atoms with Crippen molar-refractivity contribution in [3.8, 4) is 5.75 Å². The Kier molecular flexibility index (Phi) is 8.87. The summed E-state index contributed by atoms with van der Waals surface area (Å²) in [7, 11) is -4.71. The van der Waals surface area contributed by atoms with E-state index in [1.165, 1.54) is 6.42 Å². The van der Waals surface area contributed by atoms with E-state index >= 15 is 0 Å². The number of aryl methyl sites for hydroxylation is 1. The molecule has 0 spiro atoms. The van der Waals surface area contributed by atoms with Crippen LogP contribution in [0.3, 0.4) is 0 Å². The predicted octanol–water partition coefficient (Wildman–Crippen LogP) is 3.64. The molecule has 0 bridgehead atoms. The summed E-state index contributed by atoms with van der Waals surface area (Å²) >= 11 is 0. The lowest BCUT2D eigenvalue weighted by atomic mass is 9.93. The second-order valence-electron chi connectivity index (χ2n) is 8.61. The van der Waals surface area contributed by atoms with Gasteiger partial charge >= 0.3 is 7.82 Å². The zero-order valence-electron chi connectivity index (χ0n) is 19.2. The number of hydrogen-bond donors (Lipinski definition) is 4. The van der Waals surface area contributed by atoms with Gasteiger partial charge in [-0.25, -0.2) is 4.57 Å². The first-order valence-corrected chi connectivity index (χ1v) is 12.9. The van der Waals surface area contributed by atoms with Crippen LogP contribution in [-0.4, -0.2) is 40.3 Å². The summed E-state index contributed by atoms with van der Waals surface area (Å²) in [5.41, 5.74) is 6.20. The molecule has 1 unspecified atom stereocenters. The number of unbranched alkanes of at least 4 members (excludes halogenated alkanes) is 3. The van der Waals surface area contributed by atoms with Crippen molar-refractivity contribution in [2.24, 2.45) is 5.73 Å². The van der Waals surface area contributed by atoms with Crippen LogP contribution in [-0.2, 0) is 15.5 Å². The van der Waals surface area contributed by atoms with Crippen LogP contribution < -0.4 is 15.9 Å². The molecule has 0 saturated carbocycles. The van der Waals surface area contributed by atoms with Crippen LogP contribution in [0.2, 0.25) is 0 Å². The van der Waals surface area contributed by atoms with E-state index in [-0.39, 0.29) is 11.8 Å². The number of benzene rings is 2. The van der Waals surface area contributed by atoms with Crippen molar-refractivity contribution in [1.82, 2.24) is 0 Å².